The molecule has 0 bridgehead atoms. The molecule has 1 saturated heterocycles. The standard InChI is InChI=1S/C24H31ClFN3O/c1-23(2,3)8-11-29-12-9-24(10-13-29)15-18(16-24)30-22-7-6-21(27-28-22)19-14-17(26)4-5-20(19)25/h4-7,14,18H,8-13,15-16H2,1-3H3. The minimum absolute atomic E-state index is 0.212. The van der Waals surface area contributed by atoms with Gasteiger partial charge in [-0.15, -0.1) is 10.2 Å². The van der Waals surface area contributed by atoms with Crippen LogP contribution in [-0.2, 0) is 0 Å². The molecule has 1 spiro atoms. The molecule has 2 fully saturated rings. The summed E-state index contributed by atoms with van der Waals surface area (Å²) in [4.78, 5) is 2.62. The summed E-state index contributed by atoms with van der Waals surface area (Å²) in [5.74, 6) is 0.175. The highest BCUT2D eigenvalue weighted by Crippen LogP contribution is 2.50. The lowest BCUT2D eigenvalue weighted by Gasteiger charge is -2.51. The maximum Gasteiger partial charge on any atom is 0.233 e. The zero-order chi connectivity index (χ0) is 21.4. The molecule has 1 aliphatic carbocycles. The Morgan fingerprint density at radius 3 is 2.50 bits per heavy atom. The first-order valence-electron chi connectivity index (χ1n) is 10.9. The van der Waals surface area contributed by atoms with Gasteiger partial charge in [0.25, 0.3) is 0 Å². The second kappa shape index (κ2) is 8.43. The number of piperidine rings is 1. The Hall–Kier alpha value is -1.72. The number of aromatic nitrogens is 2. The number of ether oxygens (including phenoxy) is 1. The van der Waals surface area contributed by atoms with E-state index in [1.54, 1.807) is 12.1 Å². The molecule has 4 nitrogen and oxygen atoms in total. The second-order valence-electron chi connectivity index (χ2n) is 10.2. The van der Waals surface area contributed by atoms with Crippen molar-refractivity contribution in [3.05, 3.63) is 41.2 Å². The zero-order valence-electron chi connectivity index (χ0n) is 18.1. The number of likely N-dealkylation sites (tertiary alicyclic amines) is 1. The zero-order valence-corrected chi connectivity index (χ0v) is 18.9. The van der Waals surface area contributed by atoms with E-state index in [0.717, 1.165) is 12.8 Å². The van der Waals surface area contributed by atoms with E-state index >= 15 is 0 Å². The van der Waals surface area contributed by atoms with Gasteiger partial charge in [-0.3, -0.25) is 0 Å². The monoisotopic (exact) mass is 431 g/mol. The van der Waals surface area contributed by atoms with Crippen molar-refractivity contribution in [1.82, 2.24) is 15.1 Å². The van der Waals surface area contributed by atoms with E-state index in [1.807, 2.05) is 0 Å². The molecule has 4 rings (SSSR count). The van der Waals surface area contributed by atoms with E-state index in [9.17, 15) is 4.39 Å². The molecule has 1 aliphatic heterocycles. The van der Waals surface area contributed by atoms with Gasteiger partial charge in [-0.25, -0.2) is 4.39 Å². The van der Waals surface area contributed by atoms with Crippen LogP contribution in [-0.4, -0.2) is 40.8 Å². The predicted octanol–water partition coefficient (Wildman–Crippen LogP) is 6.00. The van der Waals surface area contributed by atoms with Gasteiger partial charge in [0.1, 0.15) is 11.9 Å². The molecule has 0 N–H and O–H groups in total. The Labute approximate surface area is 183 Å². The van der Waals surface area contributed by atoms with Crippen molar-refractivity contribution in [1.29, 1.82) is 0 Å². The van der Waals surface area contributed by atoms with Crippen molar-refractivity contribution in [3.8, 4) is 17.1 Å². The fourth-order valence-electron chi connectivity index (χ4n) is 4.53. The summed E-state index contributed by atoms with van der Waals surface area (Å²) in [7, 11) is 0. The van der Waals surface area contributed by atoms with Crippen molar-refractivity contribution in [2.24, 2.45) is 10.8 Å². The average Bonchev–Trinajstić information content (AvgIpc) is 2.68. The Morgan fingerprint density at radius 1 is 1.13 bits per heavy atom. The lowest BCUT2D eigenvalue weighted by molar-refractivity contribution is -0.0579. The van der Waals surface area contributed by atoms with E-state index < -0.39 is 0 Å². The summed E-state index contributed by atoms with van der Waals surface area (Å²) in [5.41, 5.74) is 1.93. The molecule has 2 aliphatic rings. The Balaban J connectivity index is 1.26. The van der Waals surface area contributed by atoms with Crippen molar-refractivity contribution < 1.29 is 9.13 Å². The summed E-state index contributed by atoms with van der Waals surface area (Å²) < 4.78 is 19.5. The number of hydrogen-bond donors (Lipinski definition) is 0. The number of halogens is 2. The molecule has 1 saturated carbocycles. The Bertz CT molecular complexity index is 865. The fourth-order valence-corrected chi connectivity index (χ4v) is 4.75. The molecule has 30 heavy (non-hydrogen) atoms. The van der Waals surface area contributed by atoms with Gasteiger partial charge >= 0.3 is 0 Å². The van der Waals surface area contributed by atoms with Crippen LogP contribution in [0, 0.1) is 16.6 Å². The Kier molecular flexibility index (Phi) is 6.04. The van der Waals surface area contributed by atoms with Crippen LogP contribution in [0.15, 0.2) is 30.3 Å². The first kappa shape index (κ1) is 21.5. The van der Waals surface area contributed by atoms with Crippen molar-refractivity contribution >= 4 is 11.6 Å². The van der Waals surface area contributed by atoms with Crippen LogP contribution in [0.4, 0.5) is 4.39 Å². The topological polar surface area (TPSA) is 38.2 Å². The minimum Gasteiger partial charge on any atom is -0.473 e. The van der Waals surface area contributed by atoms with E-state index in [-0.39, 0.29) is 11.9 Å². The third kappa shape index (κ3) is 5.12. The van der Waals surface area contributed by atoms with Gasteiger partial charge in [-0.05, 0) is 86.8 Å². The molecule has 2 aromatic rings. The van der Waals surface area contributed by atoms with Crippen molar-refractivity contribution in [2.75, 3.05) is 19.6 Å². The van der Waals surface area contributed by atoms with Crippen LogP contribution in [0.25, 0.3) is 11.3 Å². The van der Waals surface area contributed by atoms with E-state index in [2.05, 4.69) is 35.9 Å². The fraction of sp³-hybridized carbons (Fsp3) is 0.583. The quantitative estimate of drug-likeness (QED) is 0.582. The highest BCUT2D eigenvalue weighted by molar-refractivity contribution is 6.33. The first-order chi connectivity index (χ1) is 14.2. The molecule has 1 aromatic heterocycles. The molecule has 0 unspecified atom stereocenters. The second-order valence-corrected chi connectivity index (χ2v) is 10.6. The lowest BCUT2D eigenvalue weighted by Crippen LogP contribution is -2.51. The minimum atomic E-state index is -0.347. The van der Waals surface area contributed by atoms with E-state index in [0.29, 0.717) is 33.0 Å². The van der Waals surface area contributed by atoms with Gasteiger partial charge in [-0.1, -0.05) is 32.4 Å². The molecule has 0 atom stereocenters. The highest BCUT2D eigenvalue weighted by Gasteiger charge is 2.47. The molecule has 2 heterocycles. The molecule has 1 aromatic carbocycles. The van der Waals surface area contributed by atoms with Crippen molar-refractivity contribution in [2.45, 2.75) is 59.0 Å². The third-order valence-electron chi connectivity index (χ3n) is 6.55. The van der Waals surface area contributed by atoms with Crippen LogP contribution >= 0.6 is 11.6 Å². The van der Waals surface area contributed by atoms with Crippen LogP contribution in [0.1, 0.15) is 52.9 Å². The number of hydrogen-bond acceptors (Lipinski definition) is 4. The van der Waals surface area contributed by atoms with Gasteiger partial charge in [0.05, 0.1) is 10.7 Å². The predicted molar refractivity (Wildman–Crippen MR) is 118 cm³/mol. The molecule has 0 radical (unpaired) electrons. The summed E-state index contributed by atoms with van der Waals surface area (Å²) in [5, 5.41) is 8.82. The van der Waals surface area contributed by atoms with Crippen LogP contribution in [0.5, 0.6) is 5.88 Å². The molecular formula is C24H31ClFN3O. The van der Waals surface area contributed by atoms with E-state index in [1.165, 1.54) is 57.1 Å². The third-order valence-corrected chi connectivity index (χ3v) is 6.88. The normalized spacial score (nSPS) is 19.6. The lowest BCUT2D eigenvalue weighted by atomic mass is 9.61. The van der Waals surface area contributed by atoms with E-state index in [4.69, 9.17) is 16.3 Å². The largest absolute Gasteiger partial charge is 0.473 e. The summed E-state index contributed by atoms with van der Waals surface area (Å²) in [6.07, 6.45) is 6.18. The van der Waals surface area contributed by atoms with Gasteiger partial charge in [0.2, 0.25) is 5.88 Å². The van der Waals surface area contributed by atoms with Crippen molar-refractivity contribution in [3.63, 3.8) is 0 Å². The Morgan fingerprint density at radius 2 is 1.87 bits per heavy atom. The number of rotatable bonds is 5. The van der Waals surface area contributed by atoms with Gasteiger partial charge in [-0.2, -0.15) is 0 Å². The number of benzene rings is 1. The summed E-state index contributed by atoms with van der Waals surface area (Å²) >= 11 is 6.15. The van der Waals surface area contributed by atoms with Crippen LogP contribution < -0.4 is 4.74 Å². The summed E-state index contributed by atoms with van der Waals surface area (Å²) in [6, 6.07) is 7.81. The maximum atomic E-state index is 13.5. The van der Waals surface area contributed by atoms with Crippen LogP contribution in [0.3, 0.4) is 0 Å². The summed E-state index contributed by atoms with van der Waals surface area (Å²) in [6.45, 7) is 10.5. The molecule has 0 amide bonds. The van der Waals surface area contributed by atoms with Gasteiger partial charge < -0.3 is 9.64 Å². The number of nitrogens with zero attached hydrogens (tertiary/aromatic N) is 3. The average molecular weight is 432 g/mol. The highest BCUT2D eigenvalue weighted by atomic mass is 35.5. The van der Waals surface area contributed by atoms with Gasteiger partial charge in [0, 0.05) is 11.6 Å². The van der Waals surface area contributed by atoms with Crippen LogP contribution in [0.2, 0.25) is 5.02 Å². The first-order valence-corrected chi connectivity index (χ1v) is 11.3. The smallest absolute Gasteiger partial charge is 0.233 e. The molecule has 6 heteroatoms. The van der Waals surface area contributed by atoms with Gasteiger partial charge in [0.15, 0.2) is 0 Å². The molecule has 162 valence electrons. The maximum absolute atomic E-state index is 13.5. The molecular weight excluding hydrogens is 401 g/mol. The SMILES string of the molecule is CC(C)(C)CCN1CCC2(CC1)CC(Oc1ccc(-c3cc(F)ccc3Cl)nn1)C2.